The zero-order valence-corrected chi connectivity index (χ0v) is 10.2. The van der Waals surface area contributed by atoms with Gasteiger partial charge in [0.05, 0.1) is 9.35 Å². The quantitative estimate of drug-likeness (QED) is 0.849. The van der Waals surface area contributed by atoms with Crippen molar-refractivity contribution in [3.05, 3.63) is 20.8 Å². The molecule has 2 nitrogen and oxygen atoms in total. The topological polar surface area (TPSA) is 29.1 Å². The summed E-state index contributed by atoms with van der Waals surface area (Å²) in [5.74, 6) is -0.0746. The second-order valence-corrected chi connectivity index (χ2v) is 5.67. The number of alkyl halides is 1. The Hall–Kier alpha value is -0.0600. The second-order valence-electron chi connectivity index (χ2n) is 2.63. The monoisotopic (exact) mass is 281 g/mol. The Morgan fingerprint density at radius 3 is 3.00 bits per heavy atom. The Labute approximate surface area is 94.4 Å². The number of nitrogens with one attached hydrogen (secondary N) is 1. The van der Waals surface area contributed by atoms with E-state index in [1.165, 1.54) is 11.3 Å². The first-order valence-corrected chi connectivity index (χ1v) is 5.87. The average molecular weight is 283 g/mol. The maximum atomic E-state index is 11.4. The molecular formula is C8H9BrClNOS. The van der Waals surface area contributed by atoms with Gasteiger partial charge in [-0.25, -0.2) is 0 Å². The van der Waals surface area contributed by atoms with Crippen LogP contribution in [0.25, 0.3) is 0 Å². The van der Waals surface area contributed by atoms with E-state index in [1.54, 1.807) is 11.4 Å². The molecule has 1 rings (SSSR count). The molecular weight excluding hydrogens is 274 g/mol. The molecule has 0 aliphatic carbocycles. The van der Waals surface area contributed by atoms with E-state index in [0.29, 0.717) is 12.1 Å². The molecule has 1 atom stereocenters. The van der Waals surface area contributed by atoms with Gasteiger partial charge in [0.25, 0.3) is 5.91 Å². The fraction of sp³-hybridized carbons (Fsp3) is 0.375. The van der Waals surface area contributed by atoms with Crippen LogP contribution >= 0.6 is 38.9 Å². The highest BCUT2D eigenvalue weighted by Gasteiger charge is 2.07. The van der Waals surface area contributed by atoms with Gasteiger partial charge in [-0.2, -0.15) is 0 Å². The minimum Gasteiger partial charge on any atom is -0.351 e. The van der Waals surface area contributed by atoms with Gasteiger partial charge < -0.3 is 5.32 Å². The van der Waals surface area contributed by atoms with Crippen LogP contribution in [0.4, 0.5) is 0 Å². The zero-order valence-electron chi connectivity index (χ0n) is 7.01. The number of amides is 1. The average Bonchev–Trinajstić information content (AvgIpc) is 2.47. The summed E-state index contributed by atoms with van der Waals surface area (Å²) < 4.78 is 0.955. The summed E-state index contributed by atoms with van der Waals surface area (Å²) in [6, 6.07) is 1.79. The number of carbonyl (C=O) groups excluding carboxylic acids is 1. The molecule has 0 fully saturated rings. The van der Waals surface area contributed by atoms with Crippen LogP contribution in [0.1, 0.15) is 17.3 Å². The SMILES string of the molecule is CC(Cl)CNC(=O)c1csc(Br)c1. The summed E-state index contributed by atoms with van der Waals surface area (Å²) in [5, 5.41) is 4.49. The van der Waals surface area contributed by atoms with E-state index in [-0.39, 0.29) is 11.3 Å². The molecule has 1 heterocycles. The minimum absolute atomic E-state index is 0.0361. The third kappa shape index (κ3) is 3.67. The summed E-state index contributed by atoms with van der Waals surface area (Å²) >= 11 is 10.5. The van der Waals surface area contributed by atoms with Crippen LogP contribution in [0.3, 0.4) is 0 Å². The van der Waals surface area contributed by atoms with Crippen LogP contribution in [-0.4, -0.2) is 17.8 Å². The van der Waals surface area contributed by atoms with Crippen molar-refractivity contribution >= 4 is 44.8 Å². The number of hydrogen-bond acceptors (Lipinski definition) is 2. The predicted octanol–water partition coefficient (Wildman–Crippen LogP) is 2.87. The van der Waals surface area contributed by atoms with Gasteiger partial charge in [-0.05, 0) is 28.9 Å². The Morgan fingerprint density at radius 2 is 2.54 bits per heavy atom. The first kappa shape index (κ1) is 11.0. The number of thiophene rings is 1. The summed E-state index contributed by atoms with van der Waals surface area (Å²) in [7, 11) is 0. The van der Waals surface area contributed by atoms with Gasteiger partial charge in [-0.3, -0.25) is 4.79 Å². The van der Waals surface area contributed by atoms with Gasteiger partial charge >= 0.3 is 0 Å². The smallest absolute Gasteiger partial charge is 0.252 e. The molecule has 0 spiro atoms. The molecule has 13 heavy (non-hydrogen) atoms. The minimum atomic E-state index is -0.0746. The number of halogens is 2. The fourth-order valence-electron chi connectivity index (χ4n) is 0.765. The molecule has 5 heteroatoms. The first-order chi connectivity index (χ1) is 6.09. The van der Waals surface area contributed by atoms with Crippen LogP contribution in [0.15, 0.2) is 15.2 Å². The second kappa shape index (κ2) is 4.98. The molecule has 1 aromatic heterocycles. The van der Waals surface area contributed by atoms with Crippen LogP contribution in [0.5, 0.6) is 0 Å². The number of carbonyl (C=O) groups is 1. The lowest BCUT2D eigenvalue weighted by atomic mass is 10.3. The normalized spacial score (nSPS) is 12.5. The van der Waals surface area contributed by atoms with Gasteiger partial charge in [0, 0.05) is 17.3 Å². The summed E-state index contributed by atoms with van der Waals surface area (Å²) in [4.78, 5) is 11.4. The lowest BCUT2D eigenvalue weighted by Crippen LogP contribution is -2.28. The van der Waals surface area contributed by atoms with Crippen LogP contribution in [0.2, 0.25) is 0 Å². The maximum absolute atomic E-state index is 11.4. The summed E-state index contributed by atoms with van der Waals surface area (Å²) in [6.07, 6.45) is 0. The first-order valence-electron chi connectivity index (χ1n) is 3.76. The van der Waals surface area contributed by atoms with Gasteiger partial charge in [0.1, 0.15) is 0 Å². The predicted molar refractivity (Wildman–Crippen MR) is 59.7 cm³/mol. The molecule has 0 saturated heterocycles. The van der Waals surface area contributed by atoms with Crippen LogP contribution in [-0.2, 0) is 0 Å². The van der Waals surface area contributed by atoms with Crippen molar-refractivity contribution in [3.8, 4) is 0 Å². The lowest BCUT2D eigenvalue weighted by molar-refractivity contribution is 0.0954. The van der Waals surface area contributed by atoms with Crippen molar-refractivity contribution in [2.45, 2.75) is 12.3 Å². The number of hydrogen-bond donors (Lipinski definition) is 1. The molecule has 0 saturated carbocycles. The van der Waals surface area contributed by atoms with Gasteiger partial charge in [0.15, 0.2) is 0 Å². The third-order valence-corrected chi connectivity index (χ3v) is 3.03. The van der Waals surface area contributed by atoms with E-state index in [1.807, 2.05) is 6.92 Å². The molecule has 0 aliphatic rings. The third-order valence-electron chi connectivity index (χ3n) is 1.37. The Balaban J connectivity index is 2.49. The van der Waals surface area contributed by atoms with Crippen molar-refractivity contribution in [2.24, 2.45) is 0 Å². The summed E-state index contributed by atoms with van der Waals surface area (Å²) in [6.45, 7) is 2.33. The summed E-state index contributed by atoms with van der Waals surface area (Å²) in [5.41, 5.74) is 0.675. The molecule has 1 amide bonds. The van der Waals surface area contributed by atoms with E-state index in [9.17, 15) is 4.79 Å². The fourth-order valence-corrected chi connectivity index (χ4v) is 1.98. The van der Waals surface area contributed by atoms with Gasteiger partial charge in [-0.15, -0.1) is 22.9 Å². The Morgan fingerprint density at radius 1 is 1.85 bits per heavy atom. The highest BCUT2D eigenvalue weighted by molar-refractivity contribution is 9.11. The largest absolute Gasteiger partial charge is 0.351 e. The molecule has 0 aromatic carbocycles. The van der Waals surface area contributed by atoms with Crippen molar-refractivity contribution in [1.29, 1.82) is 0 Å². The highest BCUT2D eigenvalue weighted by atomic mass is 79.9. The van der Waals surface area contributed by atoms with Crippen molar-refractivity contribution in [2.75, 3.05) is 6.54 Å². The van der Waals surface area contributed by atoms with E-state index in [4.69, 9.17) is 11.6 Å². The lowest BCUT2D eigenvalue weighted by Gasteiger charge is -2.04. The van der Waals surface area contributed by atoms with Gasteiger partial charge in [-0.1, -0.05) is 0 Å². The van der Waals surface area contributed by atoms with Crippen molar-refractivity contribution in [1.82, 2.24) is 5.32 Å². The molecule has 1 unspecified atom stereocenters. The van der Waals surface area contributed by atoms with E-state index < -0.39 is 0 Å². The van der Waals surface area contributed by atoms with Crippen LogP contribution < -0.4 is 5.32 Å². The molecule has 1 N–H and O–H groups in total. The molecule has 72 valence electrons. The Bertz CT molecular complexity index is 300. The van der Waals surface area contributed by atoms with E-state index in [0.717, 1.165) is 3.79 Å². The zero-order chi connectivity index (χ0) is 9.84. The van der Waals surface area contributed by atoms with Crippen molar-refractivity contribution < 1.29 is 4.79 Å². The number of rotatable bonds is 3. The molecule has 0 bridgehead atoms. The van der Waals surface area contributed by atoms with E-state index in [2.05, 4.69) is 21.2 Å². The van der Waals surface area contributed by atoms with E-state index >= 15 is 0 Å². The van der Waals surface area contributed by atoms with Crippen molar-refractivity contribution in [3.63, 3.8) is 0 Å². The van der Waals surface area contributed by atoms with Gasteiger partial charge in [0.2, 0.25) is 0 Å². The van der Waals surface area contributed by atoms with Crippen LogP contribution in [0, 0.1) is 0 Å². The highest BCUT2D eigenvalue weighted by Crippen LogP contribution is 2.20. The standard InChI is InChI=1S/C8H9BrClNOS/c1-5(10)3-11-8(12)6-2-7(9)13-4-6/h2,4-5H,3H2,1H3,(H,11,12). The molecule has 0 radical (unpaired) electrons. The molecule has 0 aliphatic heterocycles. The maximum Gasteiger partial charge on any atom is 0.252 e. The molecule has 1 aromatic rings. The Kier molecular flexibility index (Phi) is 4.22.